The Labute approximate surface area is 174 Å². The van der Waals surface area contributed by atoms with E-state index in [0.29, 0.717) is 17.5 Å². The molecule has 0 atom stereocenters. The van der Waals surface area contributed by atoms with E-state index in [-0.39, 0.29) is 18.6 Å². The quantitative estimate of drug-likeness (QED) is 0.592. The Hall–Kier alpha value is -3.12. The molecule has 0 aliphatic heterocycles. The largest absolute Gasteiger partial charge is 0.466 e. The smallest absolute Gasteiger partial charge is 0.310 e. The molecule has 2 aromatic carbocycles. The Bertz CT molecular complexity index is 1060. The number of hydrogen-bond acceptors (Lipinski definition) is 5. The van der Waals surface area contributed by atoms with Gasteiger partial charge in [-0.2, -0.15) is 4.98 Å². The molecule has 0 bridgehead atoms. The number of hydrogen-bond donors (Lipinski definition) is 1. The van der Waals surface area contributed by atoms with Crippen molar-refractivity contribution in [2.24, 2.45) is 0 Å². The number of nitrogens with zero attached hydrogens (tertiary/aromatic N) is 2. The van der Waals surface area contributed by atoms with Gasteiger partial charge in [-0.15, -0.1) is 0 Å². The Morgan fingerprint density at radius 2 is 1.93 bits per heavy atom. The summed E-state index contributed by atoms with van der Waals surface area (Å²) in [6, 6.07) is 15.3. The highest BCUT2D eigenvalue weighted by Gasteiger charge is 2.14. The van der Waals surface area contributed by atoms with Crippen LogP contribution in [0.15, 0.2) is 59.5 Å². The predicted molar refractivity (Wildman–Crippen MR) is 114 cm³/mol. The second-order valence-corrected chi connectivity index (χ2v) is 6.93. The zero-order valence-corrected chi connectivity index (χ0v) is 17.1. The first kappa shape index (κ1) is 20.6. The van der Waals surface area contributed by atoms with Gasteiger partial charge >= 0.3 is 5.97 Å². The maximum atomic E-state index is 12.5. The average Bonchev–Trinajstić information content (AvgIpc) is 2.70. The molecule has 0 amide bonds. The molecular formula is C22H22ClN3O3. The van der Waals surface area contributed by atoms with Crippen LogP contribution in [-0.2, 0) is 22.5 Å². The standard InChI is InChI=1S/C22H22ClN3O3/c1-3-29-20(27)12-17-14-26(13-16-8-5-4-6-9-16)22(25-21(17)28)24-19-11-7-10-18(23)15(19)2/h4-11,14H,3,12-13H2,1-2H3,(H,24,25,28). The summed E-state index contributed by atoms with van der Waals surface area (Å²) in [4.78, 5) is 28.6. The first-order chi connectivity index (χ1) is 14.0. The number of esters is 1. The fourth-order valence-corrected chi connectivity index (χ4v) is 3.06. The summed E-state index contributed by atoms with van der Waals surface area (Å²) in [5.74, 6) is -0.0825. The van der Waals surface area contributed by atoms with Gasteiger partial charge in [0.25, 0.3) is 5.56 Å². The number of nitrogens with one attached hydrogen (secondary N) is 1. The summed E-state index contributed by atoms with van der Waals surface area (Å²) in [6.45, 7) is 4.35. The monoisotopic (exact) mass is 411 g/mol. The van der Waals surface area contributed by atoms with Crippen molar-refractivity contribution in [1.82, 2.24) is 9.55 Å². The lowest BCUT2D eigenvalue weighted by Crippen LogP contribution is -2.23. The van der Waals surface area contributed by atoms with Crippen molar-refractivity contribution in [2.75, 3.05) is 11.9 Å². The highest BCUT2D eigenvalue weighted by atomic mass is 35.5. The van der Waals surface area contributed by atoms with Crippen LogP contribution in [0.4, 0.5) is 11.6 Å². The van der Waals surface area contributed by atoms with E-state index in [4.69, 9.17) is 16.3 Å². The molecule has 0 aliphatic rings. The number of halogens is 1. The molecule has 1 N–H and O–H groups in total. The normalized spacial score (nSPS) is 10.6. The molecule has 3 rings (SSSR count). The summed E-state index contributed by atoms with van der Waals surface area (Å²) in [6.07, 6.45) is 1.53. The van der Waals surface area contributed by atoms with Crippen molar-refractivity contribution in [1.29, 1.82) is 0 Å². The van der Waals surface area contributed by atoms with Crippen LogP contribution in [0.2, 0.25) is 5.02 Å². The molecule has 0 saturated carbocycles. The molecule has 0 unspecified atom stereocenters. The molecule has 7 heteroatoms. The van der Waals surface area contributed by atoms with E-state index >= 15 is 0 Å². The number of carbonyl (C=O) groups is 1. The van der Waals surface area contributed by atoms with Gasteiger partial charge in [-0.25, -0.2) is 0 Å². The molecule has 0 radical (unpaired) electrons. The van der Waals surface area contributed by atoms with Crippen LogP contribution in [0.1, 0.15) is 23.6 Å². The van der Waals surface area contributed by atoms with Crippen LogP contribution in [0.25, 0.3) is 0 Å². The lowest BCUT2D eigenvalue weighted by molar-refractivity contribution is -0.142. The van der Waals surface area contributed by atoms with Gasteiger partial charge in [0.15, 0.2) is 0 Å². The van der Waals surface area contributed by atoms with Crippen molar-refractivity contribution < 1.29 is 9.53 Å². The van der Waals surface area contributed by atoms with E-state index in [2.05, 4.69) is 10.3 Å². The Morgan fingerprint density at radius 1 is 1.17 bits per heavy atom. The first-order valence-corrected chi connectivity index (χ1v) is 9.67. The topological polar surface area (TPSA) is 73.2 Å². The van der Waals surface area contributed by atoms with Crippen LogP contribution < -0.4 is 10.9 Å². The van der Waals surface area contributed by atoms with Crippen LogP contribution in [0.3, 0.4) is 0 Å². The summed E-state index contributed by atoms with van der Waals surface area (Å²) < 4.78 is 6.78. The lowest BCUT2D eigenvalue weighted by Gasteiger charge is -2.17. The number of carbonyl (C=O) groups excluding carboxylic acids is 1. The highest BCUT2D eigenvalue weighted by molar-refractivity contribution is 6.31. The molecule has 0 fully saturated rings. The van der Waals surface area contributed by atoms with Crippen LogP contribution in [0.5, 0.6) is 0 Å². The zero-order chi connectivity index (χ0) is 20.8. The first-order valence-electron chi connectivity index (χ1n) is 9.30. The minimum absolute atomic E-state index is 0.120. The SMILES string of the molecule is CCOC(=O)Cc1cn(Cc2ccccc2)c(Nc2cccc(Cl)c2C)nc1=O. The van der Waals surface area contributed by atoms with Crippen molar-refractivity contribution in [3.63, 3.8) is 0 Å². The van der Waals surface area contributed by atoms with Crippen molar-refractivity contribution in [3.8, 4) is 0 Å². The molecule has 3 aromatic rings. The number of anilines is 2. The minimum atomic E-state index is -0.468. The Morgan fingerprint density at radius 3 is 2.66 bits per heavy atom. The third-order valence-corrected chi connectivity index (χ3v) is 4.83. The summed E-state index contributed by atoms with van der Waals surface area (Å²) in [7, 11) is 0. The maximum absolute atomic E-state index is 12.5. The molecule has 0 spiro atoms. The van der Waals surface area contributed by atoms with E-state index < -0.39 is 11.5 Å². The van der Waals surface area contributed by atoms with Crippen LogP contribution in [-0.4, -0.2) is 22.1 Å². The van der Waals surface area contributed by atoms with Gasteiger partial charge in [-0.05, 0) is 37.1 Å². The molecule has 0 aliphatic carbocycles. The Balaban J connectivity index is 2.01. The third kappa shape index (κ3) is 5.23. The predicted octanol–water partition coefficient (Wildman–Crippen LogP) is 4.10. The van der Waals surface area contributed by atoms with E-state index in [0.717, 1.165) is 16.8 Å². The second-order valence-electron chi connectivity index (χ2n) is 6.53. The second kappa shape index (κ2) is 9.39. The molecule has 0 saturated heterocycles. The minimum Gasteiger partial charge on any atom is -0.466 e. The van der Waals surface area contributed by atoms with Gasteiger partial charge in [0, 0.05) is 22.5 Å². The summed E-state index contributed by atoms with van der Waals surface area (Å²) >= 11 is 6.21. The maximum Gasteiger partial charge on any atom is 0.310 e. The van der Waals surface area contributed by atoms with Crippen LogP contribution in [0, 0.1) is 6.92 Å². The van der Waals surface area contributed by atoms with Gasteiger partial charge in [0.1, 0.15) is 0 Å². The van der Waals surface area contributed by atoms with E-state index in [1.165, 1.54) is 0 Å². The molecule has 6 nitrogen and oxygen atoms in total. The van der Waals surface area contributed by atoms with Crippen molar-refractivity contribution in [3.05, 3.63) is 86.8 Å². The fraction of sp³-hybridized carbons (Fsp3) is 0.227. The average molecular weight is 412 g/mol. The Kier molecular flexibility index (Phi) is 6.67. The van der Waals surface area contributed by atoms with Crippen LogP contribution >= 0.6 is 11.6 Å². The lowest BCUT2D eigenvalue weighted by atomic mass is 10.2. The molecule has 1 aromatic heterocycles. The number of ether oxygens (including phenoxy) is 1. The van der Waals surface area contributed by atoms with E-state index in [1.807, 2.05) is 54.0 Å². The van der Waals surface area contributed by atoms with Gasteiger partial charge in [0.2, 0.25) is 5.95 Å². The zero-order valence-electron chi connectivity index (χ0n) is 16.3. The van der Waals surface area contributed by atoms with E-state index in [9.17, 15) is 9.59 Å². The van der Waals surface area contributed by atoms with Gasteiger partial charge in [0.05, 0.1) is 19.6 Å². The third-order valence-electron chi connectivity index (χ3n) is 4.42. The number of rotatable bonds is 7. The number of benzene rings is 2. The molecule has 150 valence electrons. The molecule has 1 heterocycles. The molecular weight excluding hydrogens is 390 g/mol. The van der Waals surface area contributed by atoms with Gasteiger partial charge < -0.3 is 14.6 Å². The summed E-state index contributed by atoms with van der Waals surface area (Å²) in [5.41, 5.74) is 2.46. The van der Waals surface area contributed by atoms with Crippen molar-refractivity contribution in [2.45, 2.75) is 26.8 Å². The number of aromatic nitrogens is 2. The molecule has 29 heavy (non-hydrogen) atoms. The summed E-state index contributed by atoms with van der Waals surface area (Å²) in [5, 5.41) is 3.82. The van der Waals surface area contributed by atoms with E-state index in [1.54, 1.807) is 19.2 Å². The van der Waals surface area contributed by atoms with Gasteiger partial charge in [-0.1, -0.05) is 48.0 Å². The van der Waals surface area contributed by atoms with Gasteiger partial charge in [-0.3, -0.25) is 9.59 Å². The van der Waals surface area contributed by atoms with Crippen molar-refractivity contribution >= 4 is 29.2 Å². The highest BCUT2D eigenvalue weighted by Crippen LogP contribution is 2.25. The fourth-order valence-electron chi connectivity index (χ4n) is 2.89.